The van der Waals surface area contributed by atoms with Crippen LogP contribution in [0.5, 0.6) is 0 Å². The van der Waals surface area contributed by atoms with E-state index in [1.54, 1.807) is 0 Å². The maximum Gasteiger partial charge on any atom is 0.222 e. The summed E-state index contributed by atoms with van der Waals surface area (Å²) in [5.41, 5.74) is 0. The van der Waals surface area contributed by atoms with Crippen LogP contribution in [-0.4, -0.2) is 42.9 Å². The normalized spacial score (nSPS) is 25.2. The van der Waals surface area contributed by atoms with Gasteiger partial charge in [-0.15, -0.1) is 0 Å². The predicted octanol–water partition coefficient (Wildman–Crippen LogP) is 2.80. The predicted molar refractivity (Wildman–Crippen MR) is 82.0 cm³/mol. The molecular formula is C17H29NO3. The average molecular weight is 295 g/mol. The minimum Gasteiger partial charge on any atom is -0.381 e. The van der Waals surface area contributed by atoms with Crippen LogP contribution in [0.15, 0.2) is 0 Å². The number of Topliss-reactive ketones (excluding diaryl/α,β-unsaturated/α-hetero) is 1. The summed E-state index contributed by atoms with van der Waals surface area (Å²) in [6.07, 6.45) is 7.83. The summed E-state index contributed by atoms with van der Waals surface area (Å²) in [6.45, 7) is 5.22. The van der Waals surface area contributed by atoms with Crippen molar-refractivity contribution < 1.29 is 14.3 Å². The van der Waals surface area contributed by atoms with Crippen molar-refractivity contribution in [2.75, 3.05) is 26.3 Å². The number of nitrogens with zero attached hydrogens (tertiary/aromatic N) is 1. The Hall–Kier alpha value is -0.900. The summed E-state index contributed by atoms with van der Waals surface area (Å²) in [5.74, 6) is 1.25. The number of carbonyl (C=O) groups is 2. The topological polar surface area (TPSA) is 46.6 Å². The molecule has 1 amide bonds. The third kappa shape index (κ3) is 5.10. The van der Waals surface area contributed by atoms with Crippen molar-refractivity contribution in [1.29, 1.82) is 0 Å². The molecule has 4 nitrogen and oxygen atoms in total. The molecule has 1 saturated carbocycles. The van der Waals surface area contributed by atoms with E-state index in [1.165, 1.54) is 12.8 Å². The fourth-order valence-corrected chi connectivity index (χ4v) is 3.47. The lowest BCUT2D eigenvalue weighted by molar-refractivity contribution is -0.128. The number of rotatable bonds is 7. The lowest BCUT2D eigenvalue weighted by Crippen LogP contribution is -2.27. The van der Waals surface area contributed by atoms with Crippen molar-refractivity contribution in [2.24, 2.45) is 11.8 Å². The Bertz CT molecular complexity index is 356. The molecule has 21 heavy (non-hydrogen) atoms. The van der Waals surface area contributed by atoms with Gasteiger partial charge in [-0.1, -0.05) is 19.8 Å². The van der Waals surface area contributed by atoms with Crippen LogP contribution in [0.4, 0.5) is 0 Å². The van der Waals surface area contributed by atoms with Crippen LogP contribution in [0.25, 0.3) is 0 Å². The number of hydrogen-bond donors (Lipinski definition) is 0. The first kappa shape index (κ1) is 16.5. The maximum absolute atomic E-state index is 12.1. The molecular weight excluding hydrogens is 266 g/mol. The Morgan fingerprint density at radius 3 is 2.81 bits per heavy atom. The molecule has 0 N–H and O–H groups in total. The summed E-state index contributed by atoms with van der Waals surface area (Å²) in [7, 11) is 0. The van der Waals surface area contributed by atoms with Gasteiger partial charge in [0, 0.05) is 45.1 Å². The number of ketones is 1. The number of ether oxygens (including phenoxy) is 1. The van der Waals surface area contributed by atoms with Gasteiger partial charge in [0.25, 0.3) is 0 Å². The van der Waals surface area contributed by atoms with Gasteiger partial charge in [0.1, 0.15) is 5.78 Å². The minimum absolute atomic E-state index is 0.202. The molecule has 0 aromatic rings. The fourth-order valence-electron chi connectivity index (χ4n) is 3.47. The highest BCUT2D eigenvalue weighted by atomic mass is 16.5. The van der Waals surface area contributed by atoms with Crippen molar-refractivity contribution in [3.63, 3.8) is 0 Å². The SMILES string of the molecule is CC(COCCCN1CCCC1=O)C1CCCCCC1=O. The van der Waals surface area contributed by atoms with Gasteiger partial charge >= 0.3 is 0 Å². The Morgan fingerprint density at radius 1 is 1.19 bits per heavy atom. The number of likely N-dealkylation sites (tertiary alicyclic amines) is 1. The summed E-state index contributed by atoms with van der Waals surface area (Å²) < 4.78 is 5.74. The standard InChI is InChI=1S/C17H29NO3/c1-14(15-7-3-2-4-8-16(15)19)13-21-12-6-11-18-10-5-9-17(18)20/h14-15H,2-13H2,1H3. The van der Waals surface area contributed by atoms with E-state index in [0.717, 1.165) is 45.2 Å². The Kier molecular flexibility index (Phi) is 6.68. The molecule has 1 saturated heterocycles. The lowest BCUT2D eigenvalue weighted by Gasteiger charge is -2.21. The number of carbonyl (C=O) groups excluding carboxylic acids is 2. The summed E-state index contributed by atoms with van der Waals surface area (Å²) in [6, 6.07) is 0. The molecule has 0 aromatic heterocycles. The van der Waals surface area contributed by atoms with Crippen LogP contribution < -0.4 is 0 Å². The van der Waals surface area contributed by atoms with E-state index in [0.29, 0.717) is 31.3 Å². The van der Waals surface area contributed by atoms with Crippen molar-refractivity contribution in [3.05, 3.63) is 0 Å². The van der Waals surface area contributed by atoms with E-state index in [4.69, 9.17) is 4.74 Å². The Balaban J connectivity index is 1.59. The van der Waals surface area contributed by atoms with Gasteiger partial charge in [0.2, 0.25) is 5.91 Å². The van der Waals surface area contributed by atoms with Crippen molar-refractivity contribution >= 4 is 11.7 Å². The van der Waals surface area contributed by atoms with Crippen molar-refractivity contribution in [3.8, 4) is 0 Å². The third-order valence-electron chi connectivity index (χ3n) is 4.81. The highest BCUT2D eigenvalue weighted by Crippen LogP contribution is 2.26. The maximum atomic E-state index is 12.1. The van der Waals surface area contributed by atoms with E-state index in [1.807, 2.05) is 4.90 Å². The summed E-state index contributed by atoms with van der Waals surface area (Å²) in [5, 5.41) is 0. The quantitative estimate of drug-likeness (QED) is 0.536. The van der Waals surface area contributed by atoms with Crippen LogP contribution in [-0.2, 0) is 14.3 Å². The van der Waals surface area contributed by atoms with Gasteiger partial charge in [0.05, 0.1) is 0 Å². The van der Waals surface area contributed by atoms with Gasteiger partial charge in [-0.3, -0.25) is 9.59 Å². The summed E-state index contributed by atoms with van der Waals surface area (Å²) in [4.78, 5) is 25.5. The molecule has 2 fully saturated rings. The molecule has 0 spiro atoms. The van der Waals surface area contributed by atoms with Crippen LogP contribution >= 0.6 is 0 Å². The van der Waals surface area contributed by atoms with E-state index in [-0.39, 0.29) is 11.8 Å². The molecule has 4 heteroatoms. The first-order valence-corrected chi connectivity index (χ1v) is 8.56. The van der Waals surface area contributed by atoms with Crippen molar-refractivity contribution in [1.82, 2.24) is 4.90 Å². The van der Waals surface area contributed by atoms with Gasteiger partial charge in [-0.2, -0.15) is 0 Å². The van der Waals surface area contributed by atoms with Crippen LogP contribution in [0, 0.1) is 11.8 Å². The largest absolute Gasteiger partial charge is 0.381 e. The van der Waals surface area contributed by atoms with Crippen LogP contribution in [0.2, 0.25) is 0 Å². The number of hydrogen-bond acceptors (Lipinski definition) is 3. The van der Waals surface area contributed by atoms with Gasteiger partial charge < -0.3 is 9.64 Å². The monoisotopic (exact) mass is 295 g/mol. The smallest absolute Gasteiger partial charge is 0.222 e. The molecule has 0 aromatic carbocycles. The highest BCUT2D eigenvalue weighted by Gasteiger charge is 2.26. The lowest BCUT2D eigenvalue weighted by atomic mass is 9.87. The summed E-state index contributed by atoms with van der Waals surface area (Å²) >= 11 is 0. The van der Waals surface area contributed by atoms with Gasteiger partial charge in [-0.25, -0.2) is 0 Å². The van der Waals surface area contributed by atoms with Crippen molar-refractivity contribution in [2.45, 2.75) is 58.3 Å². The molecule has 2 atom stereocenters. The van der Waals surface area contributed by atoms with E-state index < -0.39 is 0 Å². The molecule has 2 unspecified atom stereocenters. The first-order valence-electron chi connectivity index (χ1n) is 8.56. The molecule has 0 radical (unpaired) electrons. The fraction of sp³-hybridized carbons (Fsp3) is 0.882. The Labute approximate surface area is 128 Å². The zero-order valence-electron chi connectivity index (χ0n) is 13.3. The third-order valence-corrected chi connectivity index (χ3v) is 4.81. The van der Waals surface area contributed by atoms with E-state index in [2.05, 4.69) is 6.92 Å². The second kappa shape index (κ2) is 8.52. The zero-order valence-corrected chi connectivity index (χ0v) is 13.3. The second-order valence-electron chi connectivity index (χ2n) is 6.56. The average Bonchev–Trinajstić information content (AvgIpc) is 2.74. The van der Waals surface area contributed by atoms with Gasteiger partial charge in [-0.05, 0) is 31.6 Å². The second-order valence-corrected chi connectivity index (χ2v) is 6.56. The number of amides is 1. The molecule has 120 valence electrons. The Morgan fingerprint density at radius 2 is 2.05 bits per heavy atom. The first-order chi connectivity index (χ1) is 10.2. The highest BCUT2D eigenvalue weighted by molar-refractivity contribution is 5.81. The zero-order chi connectivity index (χ0) is 15.1. The molecule has 1 aliphatic carbocycles. The van der Waals surface area contributed by atoms with Crippen LogP contribution in [0.1, 0.15) is 58.3 Å². The molecule has 2 rings (SSSR count). The van der Waals surface area contributed by atoms with Gasteiger partial charge in [0.15, 0.2) is 0 Å². The minimum atomic E-state index is 0.202. The molecule has 2 aliphatic rings. The molecule has 0 bridgehead atoms. The van der Waals surface area contributed by atoms with E-state index in [9.17, 15) is 9.59 Å². The molecule has 1 aliphatic heterocycles. The van der Waals surface area contributed by atoms with Crippen LogP contribution in [0.3, 0.4) is 0 Å². The molecule has 1 heterocycles. The van der Waals surface area contributed by atoms with E-state index >= 15 is 0 Å².